The second kappa shape index (κ2) is 8.35. The summed E-state index contributed by atoms with van der Waals surface area (Å²) in [6.07, 6.45) is 4.59. The molecule has 1 aromatic heterocycles. The molecule has 9 nitrogen and oxygen atoms in total. The number of amides is 1. The van der Waals surface area contributed by atoms with Gasteiger partial charge in [-0.1, -0.05) is 6.42 Å². The lowest BCUT2D eigenvalue weighted by Gasteiger charge is -2.32. The molecule has 1 amide bonds. The van der Waals surface area contributed by atoms with Crippen molar-refractivity contribution in [1.82, 2.24) is 24.4 Å². The van der Waals surface area contributed by atoms with Gasteiger partial charge in [-0.2, -0.15) is 4.31 Å². The molecule has 4 rings (SSSR count). The highest BCUT2D eigenvalue weighted by atomic mass is 32.2. The van der Waals surface area contributed by atoms with E-state index in [1.165, 1.54) is 23.5 Å². The largest absolute Gasteiger partial charge is 0.495 e. The Morgan fingerprint density at radius 2 is 2.07 bits per heavy atom. The van der Waals surface area contributed by atoms with E-state index < -0.39 is 10.0 Å². The summed E-state index contributed by atoms with van der Waals surface area (Å²) in [7, 11) is -2.34. The molecule has 1 atom stereocenters. The summed E-state index contributed by atoms with van der Waals surface area (Å²) in [5.41, 5.74) is 0.264. The number of carbonyl (C=O) groups is 1. The standard InChI is InChI=1S/C20H27N5O4S/c1-14-6-3-4-11-25(14)30(27,28)17-12-15(8-9-16(17)29-2)20(26)21-13-19-23-22-18-7-5-10-24(18)19/h8-9,12,14H,3-7,10-11,13H2,1-2H3,(H,21,26)/t14-/m1/s1. The molecule has 0 radical (unpaired) electrons. The summed E-state index contributed by atoms with van der Waals surface area (Å²) < 4.78 is 35.5. The molecule has 0 spiro atoms. The Kier molecular flexibility index (Phi) is 5.79. The molecular weight excluding hydrogens is 406 g/mol. The fourth-order valence-corrected chi connectivity index (χ4v) is 6.06. The normalized spacial score (nSPS) is 19.5. The first kappa shape index (κ1) is 20.8. The van der Waals surface area contributed by atoms with Gasteiger partial charge in [0, 0.05) is 31.1 Å². The van der Waals surface area contributed by atoms with E-state index in [2.05, 4.69) is 15.5 Å². The van der Waals surface area contributed by atoms with Crippen LogP contribution < -0.4 is 10.1 Å². The average Bonchev–Trinajstić information content (AvgIpc) is 3.36. The van der Waals surface area contributed by atoms with E-state index in [1.54, 1.807) is 6.07 Å². The van der Waals surface area contributed by atoms with Crippen molar-refractivity contribution in [3.05, 3.63) is 35.4 Å². The molecule has 0 bridgehead atoms. The van der Waals surface area contributed by atoms with Crippen LogP contribution in [-0.4, -0.2) is 53.1 Å². The number of carbonyl (C=O) groups excluding carboxylic acids is 1. The van der Waals surface area contributed by atoms with Gasteiger partial charge in [0.25, 0.3) is 5.91 Å². The number of hydrogen-bond donors (Lipinski definition) is 1. The maximum absolute atomic E-state index is 13.3. The molecule has 3 heterocycles. The number of methoxy groups -OCH3 is 1. The number of piperidine rings is 1. The van der Waals surface area contributed by atoms with Gasteiger partial charge in [-0.25, -0.2) is 8.42 Å². The van der Waals surface area contributed by atoms with Crippen LogP contribution in [0.15, 0.2) is 23.1 Å². The molecule has 1 N–H and O–H groups in total. The number of sulfonamides is 1. The van der Waals surface area contributed by atoms with Crippen molar-refractivity contribution >= 4 is 15.9 Å². The zero-order valence-corrected chi connectivity index (χ0v) is 18.1. The maximum Gasteiger partial charge on any atom is 0.251 e. The summed E-state index contributed by atoms with van der Waals surface area (Å²) >= 11 is 0. The Hall–Kier alpha value is -2.46. The van der Waals surface area contributed by atoms with Gasteiger partial charge in [0.05, 0.1) is 13.7 Å². The first-order chi connectivity index (χ1) is 14.4. The van der Waals surface area contributed by atoms with Crippen molar-refractivity contribution in [2.24, 2.45) is 0 Å². The van der Waals surface area contributed by atoms with Crippen LogP contribution in [0, 0.1) is 0 Å². The third-order valence-corrected chi connectivity index (χ3v) is 7.88. The van der Waals surface area contributed by atoms with E-state index >= 15 is 0 Å². The van der Waals surface area contributed by atoms with Crippen molar-refractivity contribution in [2.45, 2.75) is 63.1 Å². The summed E-state index contributed by atoms with van der Waals surface area (Å²) in [6.45, 7) is 3.48. The minimum atomic E-state index is -3.77. The van der Waals surface area contributed by atoms with E-state index in [4.69, 9.17) is 4.74 Å². The van der Waals surface area contributed by atoms with Crippen molar-refractivity contribution in [2.75, 3.05) is 13.7 Å². The second-order valence-corrected chi connectivity index (χ2v) is 9.66. The number of nitrogens with one attached hydrogen (secondary N) is 1. The molecular formula is C20H27N5O4S. The monoisotopic (exact) mass is 433 g/mol. The number of aromatic nitrogens is 3. The zero-order valence-electron chi connectivity index (χ0n) is 17.3. The van der Waals surface area contributed by atoms with Crippen molar-refractivity contribution in [1.29, 1.82) is 0 Å². The minimum absolute atomic E-state index is 0.0229. The summed E-state index contributed by atoms with van der Waals surface area (Å²) in [5.74, 6) is 1.52. The quantitative estimate of drug-likeness (QED) is 0.744. The first-order valence-corrected chi connectivity index (χ1v) is 11.7. The van der Waals surface area contributed by atoms with Crippen molar-refractivity contribution < 1.29 is 17.9 Å². The Labute approximate surface area is 176 Å². The highest BCUT2D eigenvalue weighted by Gasteiger charge is 2.33. The fourth-order valence-electron chi connectivity index (χ4n) is 4.18. The number of fused-ring (bicyclic) bond motifs is 1. The molecule has 1 aromatic carbocycles. The third-order valence-electron chi connectivity index (χ3n) is 5.85. The number of nitrogens with zero attached hydrogens (tertiary/aromatic N) is 4. The Morgan fingerprint density at radius 3 is 2.83 bits per heavy atom. The molecule has 1 fully saturated rings. The van der Waals surface area contributed by atoms with E-state index in [0.29, 0.717) is 12.4 Å². The smallest absolute Gasteiger partial charge is 0.251 e. The van der Waals surface area contributed by atoms with Gasteiger partial charge in [0.1, 0.15) is 16.5 Å². The third kappa shape index (κ3) is 3.81. The van der Waals surface area contributed by atoms with Gasteiger partial charge >= 0.3 is 0 Å². The lowest BCUT2D eigenvalue weighted by Crippen LogP contribution is -2.42. The summed E-state index contributed by atoms with van der Waals surface area (Å²) in [5, 5.41) is 11.1. The van der Waals surface area contributed by atoms with Crippen LogP contribution in [0.5, 0.6) is 5.75 Å². The number of hydrogen-bond acceptors (Lipinski definition) is 6. The summed E-state index contributed by atoms with van der Waals surface area (Å²) in [4.78, 5) is 12.8. The number of rotatable bonds is 6. The van der Waals surface area contributed by atoms with Gasteiger partial charge < -0.3 is 14.6 Å². The Balaban J connectivity index is 1.56. The zero-order chi connectivity index (χ0) is 21.3. The van der Waals surface area contributed by atoms with Gasteiger partial charge in [0.15, 0.2) is 5.82 Å². The maximum atomic E-state index is 13.3. The topological polar surface area (TPSA) is 106 Å². The Bertz CT molecular complexity index is 1050. The minimum Gasteiger partial charge on any atom is -0.495 e. The average molecular weight is 434 g/mol. The molecule has 2 aromatic rings. The van der Waals surface area contributed by atoms with Crippen LogP contribution >= 0.6 is 0 Å². The fraction of sp³-hybridized carbons (Fsp3) is 0.550. The molecule has 0 aliphatic carbocycles. The molecule has 0 unspecified atom stereocenters. The van der Waals surface area contributed by atoms with Crippen LogP contribution in [0.1, 0.15) is 54.6 Å². The van der Waals surface area contributed by atoms with Crippen molar-refractivity contribution in [3.8, 4) is 5.75 Å². The Morgan fingerprint density at radius 1 is 1.23 bits per heavy atom. The second-order valence-electron chi connectivity index (χ2n) is 7.80. The first-order valence-electron chi connectivity index (χ1n) is 10.3. The molecule has 30 heavy (non-hydrogen) atoms. The molecule has 2 aliphatic heterocycles. The van der Waals surface area contributed by atoms with Gasteiger partial charge in [0.2, 0.25) is 10.0 Å². The van der Waals surface area contributed by atoms with E-state index in [1.807, 2.05) is 11.5 Å². The van der Waals surface area contributed by atoms with E-state index in [9.17, 15) is 13.2 Å². The molecule has 1 saturated heterocycles. The van der Waals surface area contributed by atoms with Gasteiger partial charge in [-0.15, -0.1) is 10.2 Å². The highest BCUT2D eigenvalue weighted by molar-refractivity contribution is 7.89. The number of aryl methyl sites for hydroxylation is 1. The molecule has 2 aliphatic rings. The predicted molar refractivity (Wildman–Crippen MR) is 110 cm³/mol. The van der Waals surface area contributed by atoms with E-state index in [0.717, 1.165) is 44.5 Å². The lowest BCUT2D eigenvalue weighted by molar-refractivity contribution is 0.0949. The van der Waals surface area contributed by atoms with Gasteiger partial charge in [-0.3, -0.25) is 4.79 Å². The highest BCUT2D eigenvalue weighted by Crippen LogP contribution is 2.31. The summed E-state index contributed by atoms with van der Waals surface area (Å²) in [6, 6.07) is 4.42. The van der Waals surface area contributed by atoms with Crippen LogP contribution in [0.3, 0.4) is 0 Å². The number of benzene rings is 1. The van der Waals surface area contributed by atoms with Crippen LogP contribution in [-0.2, 0) is 29.5 Å². The van der Waals surface area contributed by atoms with E-state index in [-0.39, 0.29) is 34.7 Å². The predicted octanol–water partition coefficient (Wildman–Crippen LogP) is 1.73. The number of ether oxygens (including phenoxy) is 1. The lowest BCUT2D eigenvalue weighted by atomic mass is 10.1. The van der Waals surface area contributed by atoms with Crippen molar-refractivity contribution in [3.63, 3.8) is 0 Å². The van der Waals surface area contributed by atoms with Crippen LogP contribution in [0.2, 0.25) is 0 Å². The molecule has 162 valence electrons. The SMILES string of the molecule is COc1ccc(C(=O)NCc2nnc3n2CCC3)cc1S(=O)(=O)N1CCCC[C@H]1C. The molecule has 10 heteroatoms. The van der Waals surface area contributed by atoms with Crippen LogP contribution in [0.4, 0.5) is 0 Å². The van der Waals surface area contributed by atoms with Crippen LogP contribution in [0.25, 0.3) is 0 Å². The van der Waals surface area contributed by atoms with Gasteiger partial charge in [-0.05, 0) is 44.4 Å². The molecule has 0 saturated carbocycles.